The van der Waals surface area contributed by atoms with E-state index in [9.17, 15) is 0 Å². The molecule has 1 atom stereocenters. The summed E-state index contributed by atoms with van der Waals surface area (Å²) in [5.41, 5.74) is 7.52. The van der Waals surface area contributed by atoms with E-state index in [0.29, 0.717) is 5.41 Å². The Hall–Kier alpha value is 0.100. The van der Waals surface area contributed by atoms with Gasteiger partial charge in [0.1, 0.15) is 0 Å². The van der Waals surface area contributed by atoms with Gasteiger partial charge in [-0.2, -0.15) is 0 Å². The van der Waals surface area contributed by atoms with Gasteiger partial charge in [-0.05, 0) is 83.7 Å². The van der Waals surface area contributed by atoms with E-state index in [-0.39, 0.29) is 0 Å². The zero-order valence-electron chi connectivity index (χ0n) is 13.3. The van der Waals surface area contributed by atoms with Crippen molar-refractivity contribution in [3.63, 3.8) is 0 Å². The van der Waals surface area contributed by atoms with Crippen LogP contribution in [0, 0.1) is 11.3 Å². The molecule has 0 aliphatic heterocycles. The highest BCUT2D eigenvalue weighted by molar-refractivity contribution is 9.11. The van der Waals surface area contributed by atoms with Gasteiger partial charge in [-0.3, -0.25) is 0 Å². The molecule has 0 fully saturated rings. The summed E-state index contributed by atoms with van der Waals surface area (Å²) in [4.78, 5) is 2.41. The lowest BCUT2D eigenvalue weighted by Gasteiger charge is -2.31. The van der Waals surface area contributed by atoms with E-state index in [4.69, 9.17) is 5.73 Å². The molecule has 0 aromatic carbocycles. The minimum atomic E-state index is 0.371. The molecule has 20 heavy (non-hydrogen) atoms. The molecule has 0 saturated carbocycles. The molecule has 2 nitrogen and oxygen atoms in total. The van der Waals surface area contributed by atoms with Crippen LogP contribution in [0.3, 0.4) is 0 Å². The van der Waals surface area contributed by atoms with Crippen LogP contribution in [0.5, 0.6) is 0 Å². The van der Waals surface area contributed by atoms with Crippen molar-refractivity contribution in [2.24, 2.45) is 17.1 Å². The number of hydrogen-bond donors (Lipinski definition) is 1. The summed E-state index contributed by atoms with van der Waals surface area (Å²) < 4.78 is 1.22. The normalized spacial score (nSPS) is 13.9. The van der Waals surface area contributed by atoms with Crippen molar-refractivity contribution < 1.29 is 0 Å². The number of thiophene rings is 1. The Kier molecular flexibility index (Phi) is 7.73. The highest BCUT2D eigenvalue weighted by atomic mass is 79.9. The Morgan fingerprint density at radius 3 is 2.55 bits per heavy atom. The second-order valence-electron chi connectivity index (χ2n) is 6.78. The molecule has 0 aliphatic carbocycles. The Morgan fingerprint density at radius 1 is 1.35 bits per heavy atom. The van der Waals surface area contributed by atoms with Crippen molar-refractivity contribution in [1.29, 1.82) is 0 Å². The van der Waals surface area contributed by atoms with E-state index in [1.54, 1.807) is 11.3 Å². The van der Waals surface area contributed by atoms with Crippen molar-refractivity contribution in [2.75, 3.05) is 20.1 Å². The number of nitrogens with zero attached hydrogens (tertiary/aromatic N) is 1. The largest absolute Gasteiger partial charge is 0.330 e. The van der Waals surface area contributed by atoms with E-state index in [1.807, 2.05) is 0 Å². The number of hydrogen-bond acceptors (Lipinski definition) is 3. The predicted octanol–water partition coefficient (Wildman–Crippen LogP) is 4.73. The average molecular weight is 361 g/mol. The van der Waals surface area contributed by atoms with Crippen LogP contribution in [-0.2, 0) is 6.54 Å². The molecule has 0 aliphatic rings. The molecule has 0 spiro atoms. The molecular formula is C16H29BrN2S. The zero-order chi connectivity index (χ0) is 15.2. The smallest absolute Gasteiger partial charge is 0.0701 e. The molecule has 0 bridgehead atoms. The van der Waals surface area contributed by atoms with E-state index in [2.05, 4.69) is 60.1 Å². The van der Waals surface area contributed by atoms with Gasteiger partial charge in [-0.25, -0.2) is 0 Å². The van der Waals surface area contributed by atoms with Crippen LogP contribution in [-0.4, -0.2) is 25.0 Å². The maximum absolute atomic E-state index is 5.75. The SMILES string of the molecule is CN(CCCC(CCN)C(C)(C)C)Cc1csc(Br)c1. The molecule has 4 heteroatoms. The van der Waals surface area contributed by atoms with Gasteiger partial charge < -0.3 is 10.6 Å². The fourth-order valence-corrected chi connectivity index (χ4v) is 3.84. The van der Waals surface area contributed by atoms with Crippen molar-refractivity contribution >= 4 is 27.3 Å². The highest BCUT2D eigenvalue weighted by Gasteiger charge is 2.23. The zero-order valence-corrected chi connectivity index (χ0v) is 15.7. The summed E-state index contributed by atoms with van der Waals surface area (Å²) >= 11 is 5.28. The topological polar surface area (TPSA) is 29.3 Å². The first-order valence-corrected chi connectivity index (χ1v) is 9.11. The van der Waals surface area contributed by atoms with Crippen LogP contribution in [0.1, 0.15) is 45.6 Å². The maximum Gasteiger partial charge on any atom is 0.0701 e. The Bertz CT molecular complexity index is 384. The summed E-state index contributed by atoms with van der Waals surface area (Å²) in [6, 6.07) is 2.22. The minimum Gasteiger partial charge on any atom is -0.330 e. The maximum atomic E-state index is 5.75. The van der Waals surface area contributed by atoms with Gasteiger partial charge in [0.05, 0.1) is 3.79 Å². The monoisotopic (exact) mass is 360 g/mol. The third kappa shape index (κ3) is 6.70. The molecule has 1 aromatic rings. The third-order valence-corrected chi connectivity index (χ3v) is 5.46. The minimum absolute atomic E-state index is 0.371. The number of halogens is 1. The predicted molar refractivity (Wildman–Crippen MR) is 94.2 cm³/mol. The Labute approximate surface area is 136 Å². The quantitative estimate of drug-likeness (QED) is 0.725. The number of rotatable bonds is 8. The fourth-order valence-electron chi connectivity index (χ4n) is 2.64. The summed E-state index contributed by atoms with van der Waals surface area (Å²) in [6.45, 7) is 10.0. The van der Waals surface area contributed by atoms with Gasteiger partial charge in [-0.1, -0.05) is 20.8 Å². The van der Waals surface area contributed by atoms with Gasteiger partial charge in [0.2, 0.25) is 0 Å². The van der Waals surface area contributed by atoms with Crippen LogP contribution < -0.4 is 5.73 Å². The van der Waals surface area contributed by atoms with Crippen LogP contribution in [0.25, 0.3) is 0 Å². The van der Waals surface area contributed by atoms with Crippen LogP contribution in [0.15, 0.2) is 15.2 Å². The molecule has 116 valence electrons. The first-order valence-electron chi connectivity index (χ1n) is 7.44. The molecule has 1 heterocycles. The van der Waals surface area contributed by atoms with Crippen LogP contribution in [0.2, 0.25) is 0 Å². The molecule has 1 unspecified atom stereocenters. The van der Waals surface area contributed by atoms with Gasteiger partial charge in [-0.15, -0.1) is 11.3 Å². The van der Waals surface area contributed by atoms with E-state index < -0.39 is 0 Å². The molecule has 0 saturated heterocycles. The molecular weight excluding hydrogens is 332 g/mol. The lowest BCUT2D eigenvalue weighted by molar-refractivity contribution is 0.199. The first-order chi connectivity index (χ1) is 9.32. The van der Waals surface area contributed by atoms with Crippen LogP contribution in [0.4, 0.5) is 0 Å². The average Bonchev–Trinajstić information content (AvgIpc) is 2.72. The van der Waals surface area contributed by atoms with Gasteiger partial charge in [0.15, 0.2) is 0 Å². The van der Waals surface area contributed by atoms with Crippen molar-refractivity contribution in [3.8, 4) is 0 Å². The Morgan fingerprint density at radius 2 is 2.05 bits per heavy atom. The van der Waals surface area contributed by atoms with Crippen molar-refractivity contribution in [1.82, 2.24) is 4.90 Å². The van der Waals surface area contributed by atoms with Crippen LogP contribution >= 0.6 is 27.3 Å². The second-order valence-corrected chi connectivity index (χ2v) is 9.07. The summed E-state index contributed by atoms with van der Waals surface area (Å²) in [5.74, 6) is 0.733. The third-order valence-electron chi connectivity index (χ3n) is 3.91. The molecule has 1 aromatic heterocycles. The van der Waals surface area contributed by atoms with Gasteiger partial charge >= 0.3 is 0 Å². The standard InChI is InChI=1S/C16H29BrN2S/c1-16(2,3)14(7-8-18)6-5-9-19(4)11-13-10-15(17)20-12-13/h10,12,14H,5-9,11,18H2,1-4H3. The number of nitrogens with two attached hydrogens (primary N) is 1. The highest BCUT2D eigenvalue weighted by Crippen LogP contribution is 2.32. The lowest BCUT2D eigenvalue weighted by Crippen LogP contribution is -2.25. The first kappa shape index (κ1) is 18.1. The summed E-state index contributed by atoms with van der Waals surface area (Å²) in [7, 11) is 2.21. The molecule has 0 amide bonds. The van der Waals surface area contributed by atoms with Crippen molar-refractivity contribution in [3.05, 3.63) is 20.8 Å². The molecule has 1 rings (SSSR count). The van der Waals surface area contributed by atoms with E-state index in [1.165, 1.54) is 22.2 Å². The fraction of sp³-hybridized carbons (Fsp3) is 0.750. The molecule has 0 radical (unpaired) electrons. The van der Waals surface area contributed by atoms with Gasteiger partial charge in [0.25, 0.3) is 0 Å². The summed E-state index contributed by atoms with van der Waals surface area (Å²) in [5, 5.41) is 2.23. The van der Waals surface area contributed by atoms with E-state index >= 15 is 0 Å². The van der Waals surface area contributed by atoms with Gasteiger partial charge in [0, 0.05) is 6.54 Å². The van der Waals surface area contributed by atoms with Crippen molar-refractivity contribution in [2.45, 2.75) is 46.6 Å². The molecule has 2 N–H and O–H groups in total. The Balaban J connectivity index is 2.31. The summed E-state index contributed by atoms with van der Waals surface area (Å²) in [6.07, 6.45) is 3.67. The lowest BCUT2D eigenvalue weighted by atomic mass is 9.76. The second kappa shape index (κ2) is 8.52. The van der Waals surface area contributed by atoms with E-state index in [0.717, 1.165) is 32.0 Å².